The van der Waals surface area contributed by atoms with Crippen molar-refractivity contribution in [2.24, 2.45) is 0 Å². The Morgan fingerprint density at radius 2 is 0.621 bits per heavy atom. The number of benzene rings is 6. The smallest absolute Gasteiger partial charge is 0.223 e. The van der Waals surface area contributed by atoms with Crippen molar-refractivity contribution in [1.82, 2.24) is 20.4 Å². The predicted molar refractivity (Wildman–Crippen MR) is 235 cm³/mol. The van der Waals surface area contributed by atoms with Crippen molar-refractivity contribution in [2.75, 3.05) is 39.3 Å². The predicted octanol–water partition coefficient (Wildman–Crippen LogP) is 9.16. The summed E-state index contributed by atoms with van der Waals surface area (Å²) in [6.07, 6.45) is 3.79. The number of hydrogen-bond acceptors (Lipinski definition) is 4. The molecule has 296 valence electrons. The molecule has 0 saturated carbocycles. The van der Waals surface area contributed by atoms with E-state index in [4.69, 9.17) is 0 Å². The van der Waals surface area contributed by atoms with Crippen LogP contribution < -0.4 is 10.6 Å². The van der Waals surface area contributed by atoms with Crippen molar-refractivity contribution in [3.05, 3.63) is 215 Å². The van der Waals surface area contributed by atoms with E-state index in [1.807, 2.05) is 9.80 Å². The maximum atomic E-state index is 13.6. The average molecular weight is 769 g/mol. The number of rotatable bonds is 16. The minimum Gasteiger partial charge on any atom is -0.343 e. The Balaban J connectivity index is 0.963. The summed E-state index contributed by atoms with van der Waals surface area (Å²) in [4.78, 5) is 31.3. The summed E-state index contributed by atoms with van der Waals surface area (Å²) in [7, 11) is 0. The van der Waals surface area contributed by atoms with Gasteiger partial charge in [-0.2, -0.15) is 0 Å². The molecular formula is C52H56N4O2. The number of carbonyl (C=O) groups excluding carboxylic acids is 2. The van der Waals surface area contributed by atoms with E-state index in [-0.39, 0.29) is 24.7 Å². The van der Waals surface area contributed by atoms with E-state index in [0.29, 0.717) is 39.3 Å². The van der Waals surface area contributed by atoms with Crippen molar-refractivity contribution >= 4 is 11.8 Å². The lowest BCUT2D eigenvalue weighted by Crippen LogP contribution is -2.46. The summed E-state index contributed by atoms with van der Waals surface area (Å²) in [5, 5.41) is 7.91. The van der Waals surface area contributed by atoms with Gasteiger partial charge in [-0.05, 0) is 72.2 Å². The van der Waals surface area contributed by atoms with Gasteiger partial charge in [0.1, 0.15) is 0 Å². The molecule has 1 aliphatic rings. The Bertz CT molecular complexity index is 1780. The summed E-state index contributed by atoms with van der Waals surface area (Å²) >= 11 is 0. The van der Waals surface area contributed by atoms with Gasteiger partial charge in [0.2, 0.25) is 11.8 Å². The second-order valence-electron chi connectivity index (χ2n) is 15.2. The first kappa shape index (κ1) is 40.4. The molecule has 2 amide bonds. The highest BCUT2D eigenvalue weighted by Gasteiger charge is 2.37. The summed E-state index contributed by atoms with van der Waals surface area (Å²) < 4.78 is 0. The Kier molecular flexibility index (Phi) is 14.0. The van der Waals surface area contributed by atoms with Crippen LogP contribution in [-0.2, 0) is 20.7 Å². The fourth-order valence-corrected chi connectivity index (χ4v) is 8.69. The molecule has 0 aliphatic carbocycles. The third-order valence-corrected chi connectivity index (χ3v) is 11.6. The number of hydrogen-bond donors (Lipinski definition) is 2. The van der Waals surface area contributed by atoms with Crippen molar-refractivity contribution < 1.29 is 9.59 Å². The molecule has 0 radical (unpaired) electrons. The van der Waals surface area contributed by atoms with Gasteiger partial charge in [-0.1, -0.05) is 182 Å². The number of amides is 2. The number of carbonyl (C=O) groups is 2. The van der Waals surface area contributed by atoms with Gasteiger partial charge >= 0.3 is 0 Å². The van der Waals surface area contributed by atoms with Gasteiger partial charge in [0.05, 0.1) is 11.1 Å². The Morgan fingerprint density at radius 1 is 0.379 bits per heavy atom. The molecule has 6 nitrogen and oxygen atoms in total. The largest absolute Gasteiger partial charge is 0.343 e. The number of nitrogens with one attached hydrogen (secondary N) is 2. The van der Waals surface area contributed by atoms with Gasteiger partial charge in [0.25, 0.3) is 0 Å². The molecule has 0 unspecified atom stereocenters. The Morgan fingerprint density at radius 3 is 0.862 bits per heavy atom. The summed E-state index contributed by atoms with van der Waals surface area (Å²) in [5.41, 5.74) is 5.93. The van der Waals surface area contributed by atoms with E-state index in [9.17, 15) is 9.59 Å². The molecule has 2 N–H and O–H groups in total. The Hall–Kier alpha value is -5.82. The van der Waals surface area contributed by atoms with Crippen LogP contribution in [0.15, 0.2) is 182 Å². The van der Waals surface area contributed by atoms with Crippen LogP contribution in [0.3, 0.4) is 0 Å². The highest BCUT2D eigenvalue weighted by Crippen LogP contribution is 2.38. The molecular weight excluding hydrogens is 713 g/mol. The lowest BCUT2D eigenvalue weighted by Gasteiger charge is -2.37. The zero-order chi connectivity index (χ0) is 39.9. The van der Waals surface area contributed by atoms with Crippen molar-refractivity contribution in [2.45, 2.75) is 49.6 Å². The van der Waals surface area contributed by atoms with Crippen LogP contribution in [0.1, 0.15) is 71.9 Å². The fourth-order valence-electron chi connectivity index (χ4n) is 8.69. The molecule has 58 heavy (non-hydrogen) atoms. The molecule has 0 aromatic heterocycles. The van der Waals surface area contributed by atoms with E-state index in [1.165, 1.54) is 33.4 Å². The maximum Gasteiger partial charge on any atom is 0.223 e. The van der Waals surface area contributed by atoms with E-state index < -0.39 is 11.1 Å². The van der Waals surface area contributed by atoms with Gasteiger partial charge < -0.3 is 9.80 Å². The second-order valence-corrected chi connectivity index (χ2v) is 15.2. The molecule has 1 saturated heterocycles. The first-order valence-electron chi connectivity index (χ1n) is 21.0. The van der Waals surface area contributed by atoms with Crippen LogP contribution in [0.5, 0.6) is 0 Å². The van der Waals surface area contributed by atoms with Crippen LogP contribution in [-0.4, -0.2) is 60.9 Å². The van der Waals surface area contributed by atoms with Gasteiger partial charge in [0.15, 0.2) is 0 Å². The van der Waals surface area contributed by atoms with Gasteiger partial charge in [0, 0.05) is 39.0 Å². The first-order chi connectivity index (χ1) is 28.6. The summed E-state index contributed by atoms with van der Waals surface area (Å²) in [5.74, 6) is 0.131. The highest BCUT2D eigenvalue weighted by molar-refractivity contribution is 5.84. The van der Waals surface area contributed by atoms with Gasteiger partial charge in [-0.15, -0.1) is 0 Å². The van der Waals surface area contributed by atoms with E-state index >= 15 is 0 Å². The van der Waals surface area contributed by atoms with Crippen molar-refractivity contribution in [1.29, 1.82) is 0 Å². The van der Waals surface area contributed by atoms with E-state index in [1.54, 1.807) is 0 Å². The Labute approximate surface area is 344 Å². The first-order valence-corrected chi connectivity index (χ1v) is 21.0. The van der Waals surface area contributed by atoms with Gasteiger partial charge in [-0.3, -0.25) is 20.2 Å². The molecule has 7 rings (SSSR count). The van der Waals surface area contributed by atoms with E-state index in [2.05, 4.69) is 193 Å². The van der Waals surface area contributed by atoms with Crippen LogP contribution in [0.4, 0.5) is 0 Å². The van der Waals surface area contributed by atoms with E-state index in [0.717, 1.165) is 25.7 Å². The molecule has 0 spiro atoms. The van der Waals surface area contributed by atoms with Crippen molar-refractivity contribution in [3.63, 3.8) is 0 Å². The molecule has 1 heterocycles. The molecule has 0 atom stereocenters. The minimum absolute atomic E-state index is 0.0654. The third kappa shape index (κ3) is 9.31. The second kappa shape index (κ2) is 20.0. The SMILES string of the molecule is O=C1CCC(=O)N(CCCNC(c2ccccc2)(c2ccccc2)c2ccccc2)CCCCN1CCCNC(c1ccccc1)(c1ccccc1)c1ccccc1. The number of nitrogens with zero attached hydrogens (tertiary/aromatic N) is 2. The van der Waals surface area contributed by atoms with Crippen LogP contribution in [0.2, 0.25) is 0 Å². The lowest BCUT2D eigenvalue weighted by molar-refractivity contribution is -0.138. The van der Waals surface area contributed by atoms with Crippen molar-refractivity contribution in [3.8, 4) is 0 Å². The normalized spacial score (nSPS) is 14.3. The standard InChI is InChI=1S/C52H56N4O2/c57-49-35-36-50(58)56(42-22-38-54-52(46-29-13-4-14-30-46,47-31-15-5-16-32-47)48-33-17-6-18-34-48)40-20-19-39-55(49)41-21-37-53-51(43-23-7-1-8-24-43,44-25-9-2-10-26-44)45-27-11-3-12-28-45/h1-18,23-34,53-54H,19-22,35-42H2. The van der Waals surface area contributed by atoms with Crippen LogP contribution in [0, 0.1) is 0 Å². The fraction of sp³-hybridized carbons (Fsp3) is 0.269. The van der Waals surface area contributed by atoms with Crippen LogP contribution in [0.25, 0.3) is 0 Å². The topological polar surface area (TPSA) is 64.7 Å². The summed E-state index contributed by atoms with van der Waals surface area (Å²) in [6, 6.07) is 63.7. The molecule has 1 fully saturated rings. The molecule has 0 bridgehead atoms. The third-order valence-electron chi connectivity index (χ3n) is 11.6. The minimum atomic E-state index is -0.545. The average Bonchev–Trinajstić information content (AvgIpc) is 3.30. The molecule has 6 aromatic rings. The molecule has 6 aromatic carbocycles. The zero-order valence-corrected chi connectivity index (χ0v) is 33.5. The maximum absolute atomic E-state index is 13.6. The molecule has 6 heteroatoms. The lowest BCUT2D eigenvalue weighted by atomic mass is 9.77. The van der Waals surface area contributed by atoms with Gasteiger partial charge in [-0.25, -0.2) is 0 Å². The highest BCUT2D eigenvalue weighted by atomic mass is 16.2. The quantitative estimate of drug-likeness (QED) is 0.0762. The van der Waals surface area contributed by atoms with Crippen LogP contribution >= 0.6 is 0 Å². The molecule has 1 aliphatic heterocycles. The summed E-state index contributed by atoms with van der Waals surface area (Å²) in [6.45, 7) is 4.13. The zero-order valence-electron chi connectivity index (χ0n) is 33.5. The monoisotopic (exact) mass is 768 g/mol.